The van der Waals surface area contributed by atoms with Crippen LogP contribution < -0.4 is 10.2 Å². The van der Waals surface area contributed by atoms with E-state index < -0.39 is 0 Å². The highest BCUT2D eigenvalue weighted by Gasteiger charge is 2.14. The Hall–Kier alpha value is -0.650. The SMILES string of the molecule is COCc1nc(N(C)CCC(C)C)sc1CNC(C)C. The van der Waals surface area contributed by atoms with Gasteiger partial charge in [-0.3, -0.25) is 0 Å². The van der Waals surface area contributed by atoms with Crippen LogP contribution in [0.15, 0.2) is 0 Å². The molecule has 1 rings (SSSR count). The summed E-state index contributed by atoms with van der Waals surface area (Å²) in [7, 11) is 3.85. The minimum absolute atomic E-state index is 0.481. The fraction of sp³-hybridized carbons (Fsp3) is 0.800. The molecule has 0 unspecified atom stereocenters. The highest BCUT2D eigenvalue weighted by Crippen LogP contribution is 2.26. The van der Waals surface area contributed by atoms with Gasteiger partial charge in [-0.05, 0) is 12.3 Å². The maximum Gasteiger partial charge on any atom is 0.185 e. The van der Waals surface area contributed by atoms with Crippen LogP contribution in [0, 0.1) is 5.92 Å². The Morgan fingerprint density at radius 2 is 2.00 bits per heavy atom. The van der Waals surface area contributed by atoms with Crippen LogP contribution in [0.25, 0.3) is 0 Å². The van der Waals surface area contributed by atoms with Crippen LogP contribution in [-0.2, 0) is 17.9 Å². The number of anilines is 1. The van der Waals surface area contributed by atoms with Crippen molar-refractivity contribution in [2.75, 3.05) is 25.6 Å². The van der Waals surface area contributed by atoms with Crippen LogP contribution in [0.2, 0.25) is 0 Å². The van der Waals surface area contributed by atoms with Gasteiger partial charge in [-0.25, -0.2) is 4.98 Å². The van der Waals surface area contributed by atoms with Crippen LogP contribution in [-0.4, -0.2) is 31.7 Å². The molecule has 0 aromatic carbocycles. The molecule has 0 saturated carbocycles. The maximum atomic E-state index is 5.26. The molecule has 0 atom stereocenters. The first-order valence-electron chi connectivity index (χ1n) is 7.36. The summed E-state index contributed by atoms with van der Waals surface area (Å²) >= 11 is 1.77. The highest BCUT2D eigenvalue weighted by atomic mass is 32.1. The largest absolute Gasteiger partial charge is 0.378 e. The van der Waals surface area contributed by atoms with Gasteiger partial charge in [-0.2, -0.15) is 0 Å². The normalized spacial score (nSPS) is 11.6. The van der Waals surface area contributed by atoms with E-state index in [1.165, 1.54) is 11.3 Å². The number of hydrogen-bond acceptors (Lipinski definition) is 5. The number of hydrogen-bond donors (Lipinski definition) is 1. The Morgan fingerprint density at radius 3 is 2.55 bits per heavy atom. The zero-order valence-electron chi connectivity index (χ0n) is 13.7. The van der Waals surface area contributed by atoms with Crippen LogP contribution >= 0.6 is 11.3 Å². The summed E-state index contributed by atoms with van der Waals surface area (Å²) in [6.07, 6.45) is 1.19. The minimum atomic E-state index is 0.481. The van der Waals surface area contributed by atoms with Gasteiger partial charge < -0.3 is 15.0 Å². The third-order valence-electron chi connectivity index (χ3n) is 3.09. The molecule has 5 heteroatoms. The van der Waals surface area contributed by atoms with E-state index >= 15 is 0 Å². The average Bonchev–Trinajstić information content (AvgIpc) is 2.77. The van der Waals surface area contributed by atoms with Gasteiger partial charge in [-0.1, -0.05) is 27.7 Å². The Balaban J connectivity index is 2.73. The predicted octanol–water partition coefficient (Wildman–Crippen LogP) is 3.27. The van der Waals surface area contributed by atoms with Crippen molar-refractivity contribution in [3.8, 4) is 0 Å². The van der Waals surface area contributed by atoms with Gasteiger partial charge in [0.1, 0.15) is 0 Å². The van der Waals surface area contributed by atoms with Crippen LogP contribution in [0.3, 0.4) is 0 Å². The van der Waals surface area contributed by atoms with Gasteiger partial charge in [0.15, 0.2) is 5.13 Å². The quantitative estimate of drug-likeness (QED) is 0.759. The molecule has 0 spiro atoms. The van der Waals surface area contributed by atoms with E-state index in [9.17, 15) is 0 Å². The lowest BCUT2D eigenvalue weighted by atomic mass is 10.1. The van der Waals surface area contributed by atoms with Gasteiger partial charge >= 0.3 is 0 Å². The first-order valence-corrected chi connectivity index (χ1v) is 8.17. The lowest BCUT2D eigenvalue weighted by molar-refractivity contribution is 0.181. The summed E-state index contributed by atoms with van der Waals surface area (Å²) in [5, 5.41) is 4.56. The Bertz CT molecular complexity index is 390. The molecule has 20 heavy (non-hydrogen) atoms. The molecular formula is C15H29N3OS. The fourth-order valence-corrected chi connectivity index (χ4v) is 2.77. The summed E-state index contributed by atoms with van der Waals surface area (Å²) in [4.78, 5) is 8.27. The van der Waals surface area contributed by atoms with Crippen molar-refractivity contribution in [2.45, 2.75) is 53.3 Å². The molecule has 0 fully saturated rings. The van der Waals surface area contributed by atoms with E-state index in [-0.39, 0.29) is 0 Å². The Morgan fingerprint density at radius 1 is 1.30 bits per heavy atom. The number of thiazole rings is 1. The lowest BCUT2D eigenvalue weighted by Gasteiger charge is -2.16. The molecule has 0 aliphatic heterocycles. The Kier molecular flexibility index (Phi) is 7.48. The minimum Gasteiger partial charge on any atom is -0.378 e. The third kappa shape index (κ3) is 5.77. The molecule has 116 valence electrons. The van der Waals surface area contributed by atoms with Crippen molar-refractivity contribution >= 4 is 16.5 Å². The molecule has 1 N–H and O–H groups in total. The molecular weight excluding hydrogens is 270 g/mol. The van der Waals surface area contributed by atoms with E-state index in [0.717, 1.165) is 29.8 Å². The second kappa shape index (κ2) is 8.60. The second-order valence-corrected chi connectivity index (χ2v) is 7.00. The van der Waals surface area contributed by atoms with Crippen LogP contribution in [0.1, 0.15) is 44.7 Å². The van der Waals surface area contributed by atoms with E-state index in [1.54, 1.807) is 18.4 Å². The van der Waals surface area contributed by atoms with E-state index in [4.69, 9.17) is 9.72 Å². The van der Waals surface area contributed by atoms with E-state index in [0.29, 0.717) is 12.6 Å². The van der Waals surface area contributed by atoms with Crippen LogP contribution in [0.4, 0.5) is 5.13 Å². The van der Waals surface area contributed by atoms with Gasteiger partial charge in [0, 0.05) is 38.2 Å². The fourth-order valence-electron chi connectivity index (χ4n) is 1.76. The van der Waals surface area contributed by atoms with E-state index in [2.05, 4.69) is 45.0 Å². The molecule has 0 saturated heterocycles. The molecule has 0 bridgehead atoms. The molecule has 1 aromatic rings. The van der Waals surface area contributed by atoms with Gasteiger partial charge in [0.25, 0.3) is 0 Å². The van der Waals surface area contributed by atoms with Crippen molar-refractivity contribution in [1.29, 1.82) is 0 Å². The summed E-state index contributed by atoms with van der Waals surface area (Å²) in [5.41, 5.74) is 1.07. The maximum absolute atomic E-state index is 5.26. The van der Waals surface area contributed by atoms with Crippen molar-refractivity contribution in [3.63, 3.8) is 0 Å². The zero-order valence-corrected chi connectivity index (χ0v) is 14.5. The molecule has 0 amide bonds. The number of rotatable bonds is 9. The number of nitrogens with zero attached hydrogens (tertiary/aromatic N) is 2. The molecule has 0 aliphatic carbocycles. The number of ether oxygens (including phenoxy) is 1. The topological polar surface area (TPSA) is 37.4 Å². The molecule has 1 aromatic heterocycles. The highest BCUT2D eigenvalue weighted by molar-refractivity contribution is 7.15. The average molecular weight is 299 g/mol. The lowest BCUT2D eigenvalue weighted by Crippen LogP contribution is -2.21. The van der Waals surface area contributed by atoms with Gasteiger partial charge in [0.2, 0.25) is 0 Å². The molecule has 0 radical (unpaired) electrons. The standard InChI is InChI=1S/C15H29N3OS/c1-11(2)7-8-18(5)15-17-13(10-19-6)14(20-15)9-16-12(3)4/h11-12,16H,7-10H2,1-6H3. The Labute approximate surface area is 127 Å². The van der Waals surface area contributed by atoms with Crippen molar-refractivity contribution in [3.05, 3.63) is 10.6 Å². The molecule has 1 heterocycles. The number of nitrogens with one attached hydrogen (secondary N) is 1. The van der Waals surface area contributed by atoms with E-state index in [1.807, 2.05) is 0 Å². The monoisotopic (exact) mass is 299 g/mol. The second-order valence-electron chi connectivity index (χ2n) is 5.94. The molecule has 0 aliphatic rings. The summed E-state index contributed by atoms with van der Waals surface area (Å²) < 4.78 is 5.26. The van der Waals surface area contributed by atoms with Crippen molar-refractivity contribution in [1.82, 2.24) is 10.3 Å². The summed E-state index contributed by atoms with van der Waals surface area (Å²) in [6, 6.07) is 0.481. The summed E-state index contributed by atoms with van der Waals surface area (Å²) in [5.74, 6) is 0.720. The van der Waals surface area contributed by atoms with Gasteiger partial charge in [-0.15, -0.1) is 11.3 Å². The van der Waals surface area contributed by atoms with Crippen molar-refractivity contribution < 1.29 is 4.74 Å². The van der Waals surface area contributed by atoms with Crippen molar-refractivity contribution in [2.24, 2.45) is 5.92 Å². The smallest absolute Gasteiger partial charge is 0.185 e. The number of aromatic nitrogens is 1. The predicted molar refractivity (Wildman–Crippen MR) is 87.5 cm³/mol. The molecule has 4 nitrogen and oxygen atoms in total. The van der Waals surface area contributed by atoms with Gasteiger partial charge in [0.05, 0.1) is 12.3 Å². The van der Waals surface area contributed by atoms with Crippen LogP contribution in [0.5, 0.6) is 0 Å². The third-order valence-corrected chi connectivity index (χ3v) is 4.30. The number of methoxy groups -OCH3 is 1. The first-order chi connectivity index (χ1) is 9.43. The summed E-state index contributed by atoms with van der Waals surface area (Å²) in [6.45, 7) is 11.3. The first kappa shape index (κ1) is 17.4. The zero-order chi connectivity index (χ0) is 15.1.